The fraction of sp³-hybridized carbons (Fsp3) is 0.381. The Labute approximate surface area is 164 Å². The molecule has 1 aliphatic carbocycles. The lowest BCUT2D eigenvalue weighted by molar-refractivity contribution is 0.469. The zero-order valence-electron chi connectivity index (χ0n) is 15.3. The second kappa shape index (κ2) is 7.28. The van der Waals surface area contributed by atoms with Crippen molar-refractivity contribution in [3.05, 3.63) is 58.9 Å². The molecule has 3 aromatic rings. The van der Waals surface area contributed by atoms with Gasteiger partial charge in [0.15, 0.2) is 9.84 Å². The number of fused-ring (bicyclic) bond motifs is 1. The van der Waals surface area contributed by atoms with Gasteiger partial charge in [0.05, 0.1) is 4.90 Å². The first kappa shape index (κ1) is 18.5. The standard InChI is InChI=1S/C21H23ClN2O2S/c1-27(25,26)17-9-6-15(7-10-17)18(12-14-4-2-3-5-14)19-13-16-8-11-20(22)24-21(16)23-19/h6-11,13-14,18H,2-5,12H2,1H3,(H,23,24). The molecule has 0 radical (unpaired) electrons. The van der Waals surface area contributed by atoms with E-state index in [4.69, 9.17) is 11.6 Å². The van der Waals surface area contributed by atoms with Crippen molar-refractivity contribution in [3.8, 4) is 0 Å². The number of pyridine rings is 1. The first-order valence-corrected chi connectivity index (χ1v) is 11.6. The molecule has 1 saturated carbocycles. The highest BCUT2D eigenvalue weighted by Crippen LogP contribution is 2.38. The van der Waals surface area contributed by atoms with Crippen molar-refractivity contribution in [3.63, 3.8) is 0 Å². The number of nitrogens with zero attached hydrogens (tertiary/aromatic N) is 1. The molecule has 2 aromatic heterocycles. The van der Waals surface area contributed by atoms with Crippen LogP contribution in [0, 0.1) is 5.92 Å². The van der Waals surface area contributed by atoms with Crippen LogP contribution in [0.4, 0.5) is 0 Å². The summed E-state index contributed by atoms with van der Waals surface area (Å²) in [6.45, 7) is 0. The van der Waals surface area contributed by atoms with Crippen molar-refractivity contribution >= 4 is 32.5 Å². The van der Waals surface area contributed by atoms with Gasteiger partial charge in [-0.2, -0.15) is 0 Å². The number of rotatable bonds is 5. The molecule has 1 aromatic carbocycles. The molecule has 0 saturated heterocycles. The maximum absolute atomic E-state index is 11.8. The van der Waals surface area contributed by atoms with Crippen LogP contribution in [-0.2, 0) is 9.84 Å². The molecule has 0 spiro atoms. The summed E-state index contributed by atoms with van der Waals surface area (Å²) < 4.78 is 23.6. The van der Waals surface area contributed by atoms with Crippen molar-refractivity contribution < 1.29 is 8.42 Å². The van der Waals surface area contributed by atoms with E-state index in [2.05, 4.69) is 16.0 Å². The zero-order valence-corrected chi connectivity index (χ0v) is 16.9. The van der Waals surface area contributed by atoms with Gasteiger partial charge in [-0.3, -0.25) is 0 Å². The summed E-state index contributed by atoms with van der Waals surface area (Å²) in [6.07, 6.45) is 7.43. The van der Waals surface area contributed by atoms with Crippen LogP contribution in [0.25, 0.3) is 11.0 Å². The van der Waals surface area contributed by atoms with Crippen molar-refractivity contribution in [1.29, 1.82) is 0 Å². The molecule has 27 heavy (non-hydrogen) atoms. The van der Waals surface area contributed by atoms with Crippen LogP contribution in [0.1, 0.15) is 49.3 Å². The monoisotopic (exact) mass is 402 g/mol. The summed E-state index contributed by atoms with van der Waals surface area (Å²) in [7, 11) is -3.19. The number of hydrogen-bond acceptors (Lipinski definition) is 3. The van der Waals surface area contributed by atoms with Gasteiger partial charge in [-0.15, -0.1) is 0 Å². The molecule has 1 fully saturated rings. The number of halogens is 1. The Bertz CT molecular complexity index is 1050. The number of hydrogen-bond donors (Lipinski definition) is 1. The van der Waals surface area contributed by atoms with Gasteiger partial charge in [-0.05, 0) is 48.2 Å². The van der Waals surface area contributed by atoms with Crippen molar-refractivity contribution in [1.82, 2.24) is 9.97 Å². The highest BCUT2D eigenvalue weighted by atomic mass is 35.5. The highest BCUT2D eigenvalue weighted by Gasteiger charge is 2.24. The molecule has 0 bridgehead atoms. The number of aromatic nitrogens is 2. The maximum atomic E-state index is 11.8. The molecule has 1 aliphatic rings. The van der Waals surface area contributed by atoms with Crippen LogP contribution in [0.2, 0.25) is 5.15 Å². The predicted molar refractivity (Wildman–Crippen MR) is 109 cm³/mol. The van der Waals surface area contributed by atoms with E-state index in [1.165, 1.54) is 31.9 Å². The molecule has 142 valence electrons. The summed E-state index contributed by atoms with van der Waals surface area (Å²) in [5.41, 5.74) is 3.03. The van der Waals surface area contributed by atoms with Crippen LogP contribution >= 0.6 is 11.6 Å². The van der Waals surface area contributed by atoms with Crippen molar-refractivity contribution in [2.45, 2.75) is 42.9 Å². The Morgan fingerprint density at radius 3 is 2.52 bits per heavy atom. The fourth-order valence-electron chi connectivity index (χ4n) is 4.16. The largest absolute Gasteiger partial charge is 0.343 e. The first-order chi connectivity index (χ1) is 12.9. The second-order valence-electron chi connectivity index (χ2n) is 7.58. The molecular formula is C21H23ClN2O2S. The third-order valence-corrected chi connectivity index (χ3v) is 6.94. The minimum Gasteiger partial charge on any atom is -0.343 e. The van der Waals surface area contributed by atoms with E-state index < -0.39 is 9.84 Å². The van der Waals surface area contributed by atoms with E-state index in [1.807, 2.05) is 18.2 Å². The Morgan fingerprint density at radius 2 is 1.85 bits per heavy atom. The molecule has 1 atom stereocenters. The summed E-state index contributed by atoms with van der Waals surface area (Å²) >= 11 is 6.03. The molecular weight excluding hydrogens is 380 g/mol. The van der Waals surface area contributed by atoms with E-state index in [-0.39, 0.29) is 5.92 Å². The predicted octanol–water partition coefficient (Wildman–Crippen LogP) is 5.33. The number of benzene rings is 1. The Kier molecular flexibility index (Phi) is 4.99. The minimum absolute atomic E-state index is 0.190. The van der Waals surface area contributed by atoms with Gasteiger partial charge in [0.25, 0.3) is 0 Å². The first-order valence-electron chi connectivity index (χ1n) is 9.35. The lowest BCUT2D eigenvalue weighted by Gasteiger charge is -2.20. The fourth-order valence-corrected chi connectivity index (χ4v) is 4.94. The van der Waals surface area contributed by atoms with E-state index >= 15 is 0 Å². The smallest absolute Gasteiger partial charge is 0.175 e. The van der Waals surface area contributed by atoms with Crippen molar-refractivity contribution in [2.75, 3.05) is 6.26 Å². The summed E-state index contributed by atoms with van der Waals surface area (Å²) in [4.78, 5) is 8.18. The number of H-pyrrole nitrogens is 1. The van der Waals surface area contributed by atoms with Gasteiger partial charge in [-0.1, -0.05) is 49.4 Å². The molecule has 1 unspecified atom stereocenters. The Hall–Kier alpha value is -1.85. The second-order valence-corrected chi connectivity index (χ2v) is 9.98. The average molecular weight is 403 g/mol. The molecule has 6 heteroatoms. The van der Waals surface area contributed by atoms with Gasteiger partial charge < -0.3 is 4.98 Å². The SMILES string of the molecule is CS(=O)(=O)c1ccc(C(CC2CCCC2)c2cc3ccc(Cl)nc3[nH]2)cc1. The van der Waals surface area contributed by atoms with Crippen LogP contribution in [0.3, 0.4) is 0 Å². The van der Waals surface area contributed by atoms with E-state index in [9.17, 15) is 8.42 Å². The maximum Gasteiger partial charge on any atom is 0.175 e. The van der Waals surface area contributed by atoms with Crippen LogP contribution in [-0.4, -0.2) is 24.6 Å². The Balaban J connectivity index is 1.73. The normalized spacial score (nSPS) is 16.8. The average Bonchev–Trinajstić information content (AvgIpc) is 3.28. The molecule has 0 aliphatic heterocycles. The molecule has 0 amide bonds. The lowest BCUT2D eigenvalue weighted by Crippen LogP contribution is -2.08. The van der Waals surface area contributed by atoms with E-state index in [1.54, 1.807) is 18.2 Å². The van der Waals surface area contributed by atoms with Gasteiger partial charge in [0, 0.05) is 23.3 Å². The topological polar surface area (TPSA) is 62.8 Å². The van der Waals surface area contributed by atoms with Crippen molar-refractivity contribution in [2.24, 2.45) is 5.92 Å². The highest BCUT2D eigenvalue weighted by molar-refractivity contribution is 7.90. The third-order valence-electron chi connectivity index (χ3n) is 5.60. The number of aromatic amines is 1. The number of nitrogens with one attached hydrogen (secondary N) is 1. The van der Waals surface area contributed by atoms with Crippen LogP contribution < -0.4 is 0 Å². The summed E-state index contributed by atoms with van der Waals surface area (Å²) in [6, 6.07) is 13.2. The van der Waals surface area contributed by atoms with Gasteiger partial charge in [0.1, 0.15) is 10.8 Å². The lowest BCUT2D eigenvalue weighted by atomic mass is 9.86. The third kappa shape index (κ3) is 4.04. The molecule has 2 heterocycles. The Morgan fingerprint density at radius 1 is 1.15 bits per heavy atom. The van der Waals surface area contributed by atoms with Gasteiger partial charge >= 0.3 is 0 Å². The van der Waals surface area contributed by atoms with Crippen LogP contribution in [0.15, 0.2) is 47.4 Å². The molecule has 4 rings (SSSR count). The number of sulfone groups is 1. The quantitative estimate of drug-likeness (QED) is 0.586. The van der Waals surface area contributed by atoms with Crippen LogP contribution in [0.5, 0.6) is 0 Å². The molecule has 1 N–H and O–H groups in total. The zero-order chi connectivity index (χ0) is 19.0. The van der Waals surface area contributed by atoms with E-state index in [0.29, 0.717) is 16.0 Å². The van der Waals surface area contributed by atoms with Gasteiger partial charge in [0.2, 0.25) is 0 Å². The summed E-state index contributed by atoms with van der Waals surface area (Å²) in [5.74, 6) is 0.891. The molecule has 4 nitrogen and oxygen atoms in total. The summed E-state index contributed by atoms with van der Waals surface area (Å²) in [5, 5.41) is 1.51. The minimum atomic E-state index is -3.19. The van der Waals surface area contributed by atoms with E-state index in [0.717, 1.165) is 28.7 Å². The van der Waals surface area contributed by atoms with Gasteiger partial charge in [-0.25, -0.2) is 13.4 Å².